The van der Waals surface area contributed by atoms with Gasteiger partial charge in [0.05, 0.1) is 22.6 Å². The molecule has 0 spiro atoms. The predicted molar refractivity (Wildman–Crippen MR) is 111 cm³/mol. The summed E-state index contributed by atoms with van der Waals surface area (Å²) in [5.74, 6) is 0.971. The Morgan fingerprint density at radius 3 is 2.86 bits per heavy atom. The number of amides is 1. The highest BCUT2D eigenvalue weighted by molar-refractivity contribution is 5.99. The molecule has 1 N–H and O–H groups in total. The molecule has 5 rings (SSSR count). The first-order valence-electron chi connectivity index (χ1n) is 9.85. The second-order valence-corrected chi connectivity index (χ2v) is 7.90. The average Bonchev–Trinajstić information content (AvgIpc) is 3.37. The van der Waals surface area contributed by atoms with Gasteiger partial charge in [0.15, 0.2) is 0 Å². The van der Waals surface area contributed by atoms with Gasteiger partial charge in [0.2, 0.25) is 0 Å². The highest BCUT2D eigenvalue weighted by Gasteiger charge is 2.34. The first-order valence-corrected chi connectivity index (χ1v) is 9.85. The lowest BCUT2D eigenvalue weighted by Crippen LogP contribution is -2.32. The van der Waals surface area contributed by atoms with Crippen molar-refractivity contribution >= 4 is 27.8 Å². The predicted octanol–water partition coefficient (Wildman–Crippen LogP) is 4.65. The van der Waals surface area contributed by atoms with Crippen molar-refractivity contribution in [2.75, 3.05) is 6.54 Å². The molecule has 2 aromatic heterocycles. The van der Waals surface area contributed by atoms with Gasteiger partial charge in [0, 0.05) is 19.0 Å². The van der Waals surface area contributed by atoms with Crippen LogP contribution in [0.1, 0.15) is 46.3 Å². The van der Waals surface area contributed by atoms with Crippen LogP contribution in [-0.2, 0) is 7.05 Å². The summed E-state index contributed by atoms with van der Waals surface area (Å²) in [5, 5.41) is 1.11. The van der Waals surface area contributed by atoms with Crippen LogP contribution in [0.25, 0.3) is 21.9 Å². The number of H-pyrrole nitrogens is 1. The van der Waals surface area contributed by atoms with Crippen LogP contribution >= 0.6 is 0 Å². The van der Waals surface area contributed by atoms with Crippen LogP contribution < -0.4 is 0 Å². The lowest BCUT2D eigenvalue weighted by atomic mass is 10.1. The van der Waals surface area contributed by atoms with Crippen molar-refractivity contribution in [1.82, 2.24) is 19.4 Å². The average molecular weight is 372 g/mol. The SMILES string of the molecule is Cc1ccc2nc([C@@H]3CCCN3C(=O)c3cc4cccc(C)c4n3C)[nH]c2c1. The number of likely N-dealkylation sites (tertiary alicyclic amines) is 1. The number of aryl methyl sites for hydroxylation is 3. The Morgan fingerprint density at radius 2 is 2.04 bits per heavy atom. The van der Waals surface area contributed by atoms with E-state index in [1.165, 1.54) is 11.1 Å². The number of fused-ring (bicyclic) bond motifs is 2. The van der Waals surface area contributed by atoms with E-state index in [1.54, 1.807) is 0 Å². The van der Waals surface area contributed by atoms with E-state index in [2.05, 4.69) is 43.1 Å². The summed E-state index contributed by atoms with van der Waals surface area (Å²) in [7, 11) is 1.98. The van der Waals surface area contributed by atoms with Crippen LogP contribution in [0.2, 0.25) is 0 Å². The van der Waals surface area contributed by atoms with Gasteiger partial charge >= 0.3 is 0 Å². The maximum absolute atomic E-state index is 13.5. The number of benzene rings is 2. The smallest absolute Gasteiger partial charge is 0.271 e. The van der Waals surface area contributed by atoms with E-state index < -0.39 is 0 Å². The fraction of sp³-hybridized carbons (Fsp3) is 0.304. The highest BCUT2D eigenvalue weighted by atomic mass is 16.2. The number of nitrogens with zero attached hydrogens (tertiary/aromatic N) is 3. The normalized spacial score (nSPS) is 17.1. The summed E-state index contributed by atoms with van der Waals surface area (Å²) in [4.78, 5) is 23.7. The Kier molecular flexibility index (Phi) is 3.79. The third-order valence-electron chi connectivity index (χ3n) is 5.96. The molecule has 1 aliphatic heterocycles. The number of hydrogen-bond acceptors (Lipinski definition) is 2. The minimum Gasteiger partial charge on any atom is -0.340 e. The monoisotopic (exact) mass is 372 g/mol. The molecule has 0 unspecified atom stereocenters. The van der Waals surface area contributed by atoms with Gasteiger partial charge in [-0.15, -0.1) is 0 Å². The summed E-state index contributed by atoms with van der Waals surface area (Å²) in [6, 6.07) is 14.4. The molecule has 28 heavy (non-hydrogen) atoms. The molecule has 5 heteroatoms. The highest BCUT2D eigenvalue weighted by Crippen LogP contribution is 2.34. The molecule has 0 bridgehead atoms. The van der Waals surface area contributed by atoms with Crippen molar-refractivity contribution in [2.45, 2.75) is 32.7 Å². The summed E-state index contributed by atoms with van der Waals surface area (Å²) >= 11 is 0. The molecule has 4 aromatic rings. The number of para-hydroxylation sites is 1. The zero-order valence-electron chi connectivity index (χ0n) is 16.5. The van der Waals surface area contributed by atoms with Gasteiger partial charge in [-0.05, 0) is 56.0 Å². The molecule has 3 heterocycles. The minimum atomic E-state index is -0.000634. The van der Waals surface area contributed by atoms with Crippen molar-refractivity contribution < 1.29 is 4.79 Å². The molecule has 1 saturated heterocycles. The Labute approximate surface area is 164 Å². The summed E-state index contributed by atoms with van der Waals surface area (Å²) in [5.41, 5.74) is 6.25. The van der Waals surface area contributed by atoms with Crippen LogP contribution in [0.4, 0.5) is 0 Å². The second kappa shape index (κ2) is 6.23. The zero-order chi connectivity index (χ0) is 19.4. The fourth-order valence-electron chi connectivity index (χ4n) is 4.57. The summed E-state index contributed by atoms with van der Waals surface area (Å²) in [6.45, 7) is 4.93. The Hall–Kier alpha value is -3.08. The first-order chi connectivity index (χ1) is 13.5. The van der Waals surface area contributed by atoms with E-state index in [4.69, 9.17) is 4.98 Å². The summed E-state index contributed by atoms with van der Waals surface area (Å²) in [6.07, 6.45) is 1.93. The molecule has 1 fully saturated rings. The van der Waals surface area contributed by atoms with E-state index in [9.17, 15) is 4.79 Å². The number of rotatable bonds is 2. The number of carbonyl (C=O) groups is 1. The van der Waals surface area contributed by atoms with Crippen molar-refractivity contribution in [2.24, 2.45) is 7.05 Å². The number of hydrogen-bond donors (Lipinski definition) is 1. The zero-order valence-corrected chi connectivity index (χ0v) is 16.5. The molecule has 1 amide bonds. The van der Waals surface area contributed by atoms with E-state index >= 15 is 0 Å². The number of aromatic nitrogens is 3. The van der Waals surface area contributed by atoms with Crippen LogP contribution in [0.3, 0.4) is 0 Å². The molecule has 142 valence electrons. The summed E-state index contributed by atoms with van der Waals surface area (Å²) < 4.78 is 2.03. The molecule has 0 saturated carbocycles. The lowest BCUT2D eigenvalue weighted by Gasteiger charge is -2.23. The molecular formula is C23H24N4O. The van der Waals surface area contributed by atoms with Gasteiger partial charge in [0.1, 0.15) is 11.5 Å². The van der Waals surface area contributed by atoms with Gasteiger partial charge < -0.3 is 14.5 Å². The number of carbonyl (C=O) groups excluding carboxylic acids is 1. The molecule has 2 aromatic carbocycles. The molecule has 1 aliphatic rings. The number of nitrogens with one attached hydrogen (secondary N) is 1. The van der Waals surface area contributed by atoms with Crippen molar-refractivity contribution in [3.63, 3.8) is 0 Å². The van der Waals surface area contributed by atoms with Crippen LogP contribution in [-0.4, -0.2) is 31.9 Å². The Balaban J connectivity index is 1.53. The Bertz CT molecular complexity index is 1220. The molecular weight excluding hydrogens is 348 g/mol. The van der Waals surface area contributed by atoms with Crippen molar-refractivity contribution in [3.8, 4) is 0 Å². The van der Waals surface area contributed by atoms with Crippen LogP contribution in [0, 0.1) is 13.8 Å². The largest absolute Gasteiger partial charge is 0.340 e. The third kappa shape index (κ3) is 2.53. The minimum absolute atomic E-state index is 0.000634. The van der Waals surface area contributed by atoms with Gasteiger partial charge in [-0.2, -0.15) is 0 Å². The molecule has 5 nitrogen and oxygen atoms in total. The van der Waals surface area contributed by atoms with Crippen LogP contribution in [0.5, 0.6) is 0 Å². The van der Waals surface area contributed by atoms with E-state index in [0.717, 1.165) is 52.8 Å². The quantitative estimate of drug-likeness (QED) is 0.557. The maximum Gasteiger partial charge on any atom is 0.271 e. The van der Waals surface area contributed by atoms with Crippen molar-refractivity contribution in [3.05, 3.63) is 65.1 Å². The number of aromatic amines is 1. The molecule has 0 radical (unpaired) electrons. The third-order valence-corrected chi connectivity index (χ3v) is 5.96. The molecule has 1 atom stereocenters. The van der Waals surface area contributed by atoms with Gasteiger partial charge in [-0.3, -0.25) is 4.79 Å². The number of imidazole rings is 1. The standard InChI is InChI=1S/C23H24N4O/c1-14-9-10-17-18(12-14)25-22(24-17)19-8-5-11-27(19)23(28)20-13-16-7-4-6-15(2)21(16)26(20)3/h4,6-7,9-10,12-13,19H,5,8,11H2,1-3H3,(H,24,25)/t19-/m0/s1. The van der Waals surface area contributed by atoms with Gasteiger partial charge in [0.25, 0.3) is 5.91 Å². The maximum atomic E-state index is 13.5. The Morgan fingerprint density at radius 1 is 1.18 bits per heavy atom. The first kappa shape index (κ1) is 17.0. The van der Waals surface area contributed by atoms with Crippen LogP contribution in [0.15, 0.2) is 42.5 Å². The topological polar surface area (TPSA) is 53.9 Å². The van der Waals surface area contributed by atoms with E-state index in [1.807, 2.05) is 34.7 Å². The van der Waals surface area contributed by atoms with E-state index in [-0.39, 0.29) is 11.9 Å². The van der Waals surface area contributed by atoms with Gasteiger partial charge in [-0.25, -0.2) is 4.98 Å². The van der Waals surface area contributed by atoms with Gasteiger partial charge in [-0.1, -0.05) is 24.3 Å². The fourth-order valence-corrected chi connectivity index (χ4v) is 4.57. The molecule has 0 aliphatic carbocycles. The van der Waals surface area contributed by atoms with Crippen molar-refractivity contribution in [1.29, 1.82) is 0 Å². The second-order valence-electron chi connectivity index (χ2n) is 7.90. The van der Waals surface area contributed by atoms with E-state index in [0.29, 0.717) is 0 Å². The lowest BCUT2D eigenvalue weighted by molar-refractivity contribution is 0.0721.